The van der Waals surface area contributed by atoms with Crippen molar-refractivity contribution in [1.29, 1.82) is 5.26 Å². The monoisotopic (exact) mass is 434 g/mol. The summed E-state index contributed by atoms with van der Waals surface area (Å²) in [5, 5.41) is 9.51. The molecule has 3 rings (SSSR count). The van der Waals surface area contributed by atoms with Gasteiger partial charge in [0.25, 0.3) is 11.5 Å². The van der Waals surface area contributed by atoms with E-state index in [0.717, 1.165) is 0 Å². The molecule has 29 heavy (non-hydrogen) atoms. The van der Waals surface area contributed by atoms with E-state index in [9.17, 15) is 14.9 Å². The molecule has 0 N–H and O–H groups in total. The number of morpholine rings is 1. The molecule has 0 bridgehead atoms. The molecule has 8 nitrogen and oxygen atoms in total. The second kappa shape index (κ2) is 9.09. The molecule has 0 aliphatic carbocycles. The highest BCUT2D eigenvalue weighted by molar-refractivity contribution is 8.26. The van der Waals surface area contributed by atoms with Gasteiger partial charge < -0.3 is 14.4 Å². The van der Waals surface area contributed by atoms with Crippen LogP contribution < -0.4 is 10.5 Å². The van der Waals surface area contributed by atoms with Gasteiger partial charge in [-0.25, -0.2) is 0 Å². The zero-order chi connectivity index (χ0) is 21.1. The molecule has 1 amide bonds. The van der Waals surface area contributed by atoms with Crippen molar-refractivity contribution in [3.63, 3.8) is 0 Å². The number of carbonyl (C=O) groups excluding carboxylic acids is 1. The number of rotatable bonds is 5. The zero-order valence-electron chi connectivity index (χ0n) is 16.6. The number of pyridine rings is 1. The van der Waals surface area contributed by atoms with Crippen LogP contribution in [0.4, 0.5) is 5.82 Å². The van der Waals surface area contributed by atoms with Gasteiger partial charge in [-0.2, -0.15) is 5.26 Å². The molecule has 2 aliphatic rings. The highest BCUT2D eigenvalue weighted by Crippen LogP contribution is 2.35. The summed E-state index contributed by atoms with van der Waals surface area (Å²) in [5.41, 5.74) is 0.957. The molecule has 0 saturated carbocycles. The highest BCUT2D eigenvalue weighted by atomic mass is 32.2. The maximum Gasteiger partial charge on any atom is 0.270 e. The Bertz CT molecular complexity index is 974. The van der Waals surface area contributed by atoms with Gasteiger partial charge in [0.05, 0.1) is 31.3 Å². The summed E-state index contributed by atoms with van der Waals surface area (Å²) in [6, 6.07) is 2.01. The van der Waals surface area contributed by atoms with Crippen molar-refractivity contribution < 1.29 is 14.3 Å². The Morgan fingerprint density at radius 2 is 2.03 bits per heavy atom. The van der Waals surface area contributed by atoms with E-state index in [0.29, 0.717) is 65.6 Å². The van der Waals surface area contributed by atoms with Crippen LogP contribution in [0.2, 0.25) is 0 Å². The van der Waals surface area contributed by atoms with E-state index < -0.39 is 0 Å². The summed E-state index contributed by atoms with van der Waals surface area (Å²) in [6.45, 7) is 4.84. The summed E-state index contributed by atoms with van der Waals surface area (Å²) in [4.78, 5) is 29.6. The number of carbonyl (C=O) groups is 1. The van der Waals surface area contributed by atoms with Crippen molar-refractivity contribution in [1.82, 2.24) is 9.47 Å². The molecule has 0 unspecified atom stereocenters. The molecule has 2 aliphatic heterocycles. The number of methoxy groups -OCH3 is 1. The summed E-state index contributed by atoms with van der Waals surface area (Å²) in [5.74, 6) is 0.480. The molecular formula is C19H22N4O4S2. The fourth-order valence-corrected chi connectivity index (χ4v) is 4.67. The number of aromatic nitrogens is 1. The smallest absolute Gasteiger partial charge is 0.270 e. The third kappa shape index (κ3) is 4.09. The van der Waals surface area contributed by atoms with Crippen LogP contribution in [0.1, 0.15) is 16.7 Å². The van der Waals surface area contributed by atoms with Crippen LogP contribution in [-0.2, 0) is 21.3 Å². The average molecular weight is 435 g/mol. The molecule has 0 aromatic carbocycles. The largest absolute Gasteiger partial charge is 0.383 e. The number of hydrogen-bond acceptors (Lipinski definition) is 8. The minimum absolute atomic E-state index is 0.0746. The molecule has 0 spiro atoms. The zero-order valence-corrected chi connectivity index (χ0v) is 18.2. The van der Waals surface area contributed by atoms with Gasteiger partial charge in [0.1, 0.15) is 21.8 Å². The lowest BCUT2D eigenvalue weighted by Gasteiger charge is -2.32. The third-order valence-corrected chi connectivity index (χ3v) is 6.32. The van der Waals surface area contributed by atoms with E-state index in [1.165, 1.54) is 21.2 Å². The molecule has 1 aromatic rings. The van der Waals surface area contributed by atoms with E-state index >= 15 is 0 Å². The van der Waals surface area contributed by atoms with Crippen molar-refractivity contribution in [3.8, 4) is 6.07 Å². The van der Waals surface area contributed by atoms with Crippen molar-refractivity contribution in [2.75, 3.05) is 51.5 Å². The number of thioether (sulfide) groups is 1. The van der Waals surface area contributed by atoms with Gasteiger partial charge in [0.15, 0.2) is 0 Å². The van der Waals surface area contributed by atoms with Gasteiger partial charge in [-0.15, -0.1) is 0 Å². The quantitative estimate of drug-likeness (QED) is 0.506. The van der Waals surface area contributed by atoms with E-state index in [4.69, 9.17) is 21.7 Å². The van der Waals surface area contributed by atoms with Crippen molar-refractivity contribution >= 4 is 46.1 Å². The molecule has 1 aromatic heterocycles. The van der Waals surface area contributed by atoms with Crippen molar-refractivity contribution in [2.24, 2.45) is 7.05 Å². The van der Waals surface area contributed by atoms with Crippen LogP contribution in [-0.4, -0.2) is 66.3 Å². The molecule has 2 saturated heterocycles. The van der Waals surface area contributed by atoms with E-state index in [2.05, 4.69) is 4.90 Å². The SMILES string of the molecule is COCCN1C(=O)C(=Cc2c(C)c(C#N)c(=O)n(C)c2N2CCOCC2)SC1=S. The number of thiocarbonyl (C=S) groups is 1. The predicted molar refractivity (Wildman–Crippen MR) is 116 cm³/mol. The second-order valence-electron chi connectivity index (χ2n) is 6.64. The van der Waals surface area contributed by atoms with Gasteiger partial charge in [-0.3, -0.25) is 19.1 Å². The second-order valence-corrected chi connectivity index (χ2v) is 8.31. The highest BCUT2D eigenvalue weighted by Gasteiger charge is 2.33. The number of nitriles is 1. The van der Waals surface area contributed by atoms with Crippen LogP contribution in [0.3, 0.4) is 0 Å². The summed E-state index contributed by atoms with van der Waals surface area (Å²) in [6.07, 6.45) is 1.74. The van der Waals surface area contributed by atoms with Crippen LogP contribution in [0.15, 0.2) is 9.70 Å². The lowest BCUT2D eigenvalue weighted by molar-refractivity contribution is -0.122. The first-order valence-electron chi connectivity index (χ1n) is 9.11. The first-order chi connectivity index (χ1) is 13.9. The Labute approximate surface area is 178 Å². The van der Waals surface area contributed by atoms with Crippen LogP contribution in [0, 0.1) is 18.3 Å². The van der Waals surface area contributed by atoms with Gasteiger partial charge in [-0.1, -0.05) is 24.0 Å². The standard InChI is InChI=1S/C19H22N4O4S2/c1-12-13(10-15-18(25)23(6-7-26-3)19(28)29-15)16(22-4-8-27-9-5-22)21(2)17(24)14(12)11-20/h10H,4-9H2,1-3H3. The predicted octanol–water partition coefficient (Wildman–Crippen LogP) is 1.25. The fourth-order valence-electron chi connectivity index (χ4n) is 3.38. The number of hydrogen-bond donors (Lipinski definition) is 0. The maximum atomic E-state index is 12.9. The minimum Gasteiger partial charge on any atom is -0.383 e. The van der Waals surface area contributed by atoms with E-state index in [1.807, 2.05) is 6.07 Å². The lowest BCUT2D eigenvalue weighted by atomic mass is 10.0. The van der Waals surface area contributed by atoms with Gasteiger partial charge in [-0.05, 0) is 18.6 Å². The Kier molecular flexibility index (Phi) is 6.74. The maximum absolute atomic E-state index is 12.9. The summed E-state index contributed by atoms with van der Waals surface area (Å²) in [7, 11) is 3.22. The number of amides is 1. The molecule has 0 atom stereocenters. The normalized spacial score (nSPS) is 18.6. The number of anilines is 1. The minimum atomic E-state index is -0.351. The van der Waals surface area contributed by atoms with Crippen LogP contribution in [0.5, 0.6) is 0 Å². The van der Waals surface area contributed by atoms with Gasteiger partial charge in [0.2, 0.25) is 0 Å². The fraction of sp³-hybridized carbons (Fsp3) is 0.474. The topological polar surface area (TPSA) is 87.8 Å². The summed E-state index contributed by atoms with van der Waals surface area (Å²) >= 11 is 6.56. The van der Waals surface area contributed by atoms with Gasteiger partial charge in [0, 0.05) is 32.8 Å². The van der Waals surface area contributed by atoms with Gasteiger partial charge >= 0.3 is 0 Å². The summed E-state index contributed by atoms with van der Waals surface area (Å²) < 4.78 is 12.4. The molecule has 154 valence electrons. The van der Waals surface area contributed by atoms with E-state index in [1.54, 1.807) is 27.2 Å². The Morgan fingerprint density at radius 1 is 1.34 bits per heavy atom. The van der Waals surface area contributed by atoms with Crippen molar-refractivity contribution in [3.05, 3.63) is 31.9 Å². The lowest BCUT2D eigenvalue weighted by Crippen LogP contribution is -2.40. The molecule has 2 fully saturated rings. The van der Waals surface area contributed by atoms with E-state index in [-0.39, 0.29) is 17.0 Å². The number of nitrogens with zero attached hydrogens (tertiary/aromatic N) is 4. The Balaban J connectivity index is 2.13. The molecule has 3 heterocycles. The third-order valence-electron chi connectivity index (χ3n) is 4.95. The Morgan fingerprint density at radius 3 is 2.66 bits per heavy atom. The van der Waals surface area contributed by atoms with Crippen LogP contribution in [0.25, 0.3) is 6.08 Å². The number of ether oxygens (including phenoxy) is 2. The first kappa shape index (κ1) is 21.5. The molecule has 10 heteroatoms. The Hall–Kier alpha value is -2.19. The first-order valence-corrected chi connectivity index (χ1v) is 10.3. The average Bonchev–Trinajstić information content (AvgIpc) is 2.98. The molecule has 0 radical (unpaired) electrons. The van der Waals surface area contributed by atoms with Crippen molar-refractivity contribution in [2.45, 2.75) is 6.92 Å². The van der Waals surface area contributed by atoms with Crippen LogP contribution >= 0.6 is 24.0 Å². The molecular weight excluding hydrogens is 412 g/mol.